The molecular weight excluding hydrogens is 262 g/mol. The van der Waals surface area contributed by atoms with E-state index < -0.39 is 0 Å². The number of aryl methyl sites for hydroxylation is 2. The van der Waals surface area contributed by atoms with Gasteiger partial charge < -0.3 is 14.8 Å². The van der Waals surface area contributed by atoms with Crippen molar-refractivity contribution >= 4 is 11.6 Å². The van der Waals surface area contributed by atoms with Gasteiger partial charge in [-0.25, -0.2) is 0 Å². The van der Waals surface area contributed by atoms with Crippen LogP contribution in [0.25, 0.3) is 0 Å². The lowest BCUT2D eigenvalue weighted by atomic mass is 10.1. The number of halogens is 1. The number of nitrogens with two attached hydrogens (primary N) is 1. The van der Waals surface area contributed by atoms with Crippen molar-refractivity contribution in [1.82, 2.24) is 0 Å². The van der Waals surface area contributed by atoms with Gasteiger partial charge in [-0.2, -0.15) is 0 Å². The highest BCUT2D eigenvalue weighted by molar-refractivity contribution is 6.32. The Morgan fingerprint density at radius 1 is 1.37 bits per heavy atom. The summed E-state index contributed by atoms with van der Waals surface area (Å²) in [6, 6.07) is 4.07. The Morgan fingerprint density at radius 2 is 2.16 bits per heavy atom. The third-order valence-corrected chi connectivity index (χ3v) is 3.98. The van der Waals surface area contributed by atoms with Crippen LogP contribution < -0.4 is 10.1 Å². The molecule has 0 bridgehead atoms. The van der Waals surface area contributed by atoms with Crippen LogP contribution in [0.15, 0.2) is 12.1 Å². The third kappa shape index (κ3) is 4.10. The first kappa shape index (κ1) is 14.6. The molecule has 4 heteroatoms. The fourth-order valence-electron chi connectivity index (χ4n) is 2.31. The average molecular weight is 285 g/mol. The predicted octanol–water partition coefficient (Wildman–Crippen LogP) is 2.08. The van der Waals surface area contributed by atoms with Crippen LogP contribution >= 0.6 is 11.6 Å². The highest BCUT2D eigenvalue weighted by atomic mass is 35.5. The van der Waals surface area contributed by atoms with E-state index in [2.05, 4.69) is 5.32 Å². The van der Waals surface area contributed by atoms with Crippen LogP contribution in [0, 0.1) is 13.8 Å². The van der Waals surface area contributed by atoms with Crippen LogP contribution in [0.4, 0.5) is 0 Å². The zero-order valence-electron chi connectivity index (χ0n) is 11.7. The van der Waals surface area contributed by atoms with E-state index in [1.165, 1.54) is 12.8 Å². The molecule has 1 atom stereocenters. The molecular formula is C15H23ClNO2+. The molecule has 0 saturated carbocycles. The first-order valence-corrected chi connectivity index (χ1v) is 7.38. The second-order valence-electron chi connectivity index (χ2n) is 5.14. The second kappa shape index (κ2) is 7.13. The molecule has 1 saturated heterocycles. The predicted molar refractivity (Wildman–Crippen MR) is 77.1 cm³/mol. The summed E-state index contributed by atoms with van der Waals surface area (Å²) in [5.74, 6) is 0.826. The van der Waals surface area contributed by atoms with Crippen LogP contribution in [0.1, 0.15) is 24.0 Å². The molecule has 0 amide bonds. The van der Waals surface area contributed by atoms with Gasteiger partial charge >= 0.3 is 0 Å². The van der Waals surface area contributed by atoms with Crippen molar-refractivity contribution in [2.24, 2.45) is 0 Å². The van der Waals surface area contributed by atoms with Gasteiger partial charge in [-0.3, -0.25) is 0 Å². The maximum atomic E-state index is 6.26. The van der Waals surface area contributed by atoms with Gasteiger partial charge in [-0.15, -0.1) is 0 Å². The molecule has 1 aliphatic heterocycles. The molecule has 0 aromatic heterocycles. The molecule has 1 aromatic carbocycles. The van der Waals surface area contributed by atoms with Crippen molar-refractivity contribution in [1.29, 1.82) is 0 Å². The summed E-state index contributed by atoms with van der Waals surface area (Å²) < 4.78 is 11.4. The number of quaternary nitrogens is 1. The maximum absolute atomic E-state index is 6.26. The van der Waals surface area contributed by atoms with Gasteiger partial charge in [0.15, 0.2) is 0 Å². The molecule has 19 heavy (non-hydrogen) atoms. The molecule has 0 aliphatic carbocycles. The Hall–Kier alpha value is -0.770. The quantitative estimate of drug-likeness (QED) is 0.812. The maximum Gasteiger partial charge on any atom is 0.141 e. The Kier molecular flexibility index (Phi) is 5.49. The fourth-order valence-corrected chi connectivity index (χ4v) is 2.57. The zero-order valence-corrected chi connectivity index (χ0v) is 12.5. The lowest BCUT2D eigenvalue weighted by Crippen LogP contribution is -2.87. The topological polar surface area (TPSA) is 35.1 Å². The molecule has 0 radical (unpaired) electrons. The number of ether oxygens (including phenoxy) is 2. The van der Waals surface area contributed by atoms with E-state index in [4.69, 9.17) is 21.1 Å². The summed E-state index contributed by atoms with van der Waals surface area (Å²) in [6.07, 6.45) is 2.83. The summed E-state index contributed by atoms with van der Waals surface area (Å²) in [4.78, 5) is 0. The summed E-state index contributed by atoms with van der Waals surface area (Å²) >= 11 is 6.26. The molecule has 0 unspecified atom stereocenters. The first-order chi connectivity index (χ1) is 9.18. The standard InChI is InChI=1S/C15H22ClNO2/c1-11-5-6-12(2)15(14(11)16)19-9-7-17-10-13-4-3-8-18-13/h5-6,13,17H,3-4,7-10H2,1-2H3/p+1/t13-/m1/s1. The van der Waals surface area contributed by atoms with Crippen LogP contribution in [-0.4, -0.2) is 32.4 Å². The SMILES string of the molecule is Cc1ccc(C)c(OCC[NH2+]C[C@H]2CCCO2)c1Cl. The molecule has 1 fully saturated rings. The average Bonchev–Trinajstić information content (AvgIpc) is 2.90. The molecule has 2 rings (SSSR count). The van der Waals surface area contributed by atoms with E-state index in [-0.39, 0.29) is 0 Å². The Balaban J connectivity index is 1.72. The van der Waals surface area contributed by atoms with E-state index >= 15 is 0 Å². The van der Waals surface area contributed by atoms with Gasteiger partial charge in [-0.05, 0) is 37.8 Å². The zero-order chi connectivity index (χ0) is 13.7. The Labute approximate surface area is 120 Å². The Bertz CT molecular complexity index is 417. The van der Waals surface area contributed by atoms with Gasteiger partial charge in [0.05, 0.1) is 5.02 Å². The number of hydrogen-bond acceptors (Lipinski definition) is 2. The summed E-state index contributed by atoms with van der Waals surface area (Å²) in [5.41, 5.74) is 2.15. The summed E-state index contributed by atoms with van der Waals surface area (Å²) in [5, 5.41) is 2.99. The van der Waals surface area contributed by atoms with Crippen molar-refractivity contribution in [2.75, 3.05) is 26.3 Å². The highest BCUT2D eigenvalue weighted by Crippen LogP contribution is 2.31. The van der Waals surface area contributed by atoms with Gasteiger partial charge in [0, 0.05) is 6.61 Å². The molecule has 3 nitrogen and oxygen atoms in total. The minimum Gasteiger partial charge on any atom is -0.486 e. The van der Waals surface area contributed by atoms with Crippen molar-refractivity contribution in [3.05, 3.63) is 28.3 Å². The van der Waals surface area contributed by atoms with Gasteiger partial charge in [-0.1, -0.05) is 23.7 Å². The highest BCUT2D eigenvalue weighted by Gasteiger charge is 2.16. The van der Waals surface area contributed by atoms with Crippen LogP contribution in [-0.2, 0) is 4.74 Å². The summed E-state index contributed by atoms with van der Waals surface area (Å²) in [6.45, 7) is 7.59. The van der Waals surface area contributed by atoms with E-state index in [0.717, 1.165) is 41.6 Å². The van der Waals surface area contributed by atoms with E-state index in [1.807, 2.05) is 26.0 Å². The van der Waals surface area contributed by atoms with Crippen LogP contribution in [0.2, 0.25) is 5.02 Å². The van der Waals surface area contributed by atoms with Crippen LogP contribution in [0.3, 0.4) is 0 Å². The number of benzene rings is 1. The molecule has 1 aromatic rings. The van der Waals surface area contributed by atoms with Gasteiger partial charge in [0.25, 0.3) is 0 Å². The molecule has 2 N–H and O–H groups in total. The van der Waals surface area contributed by atoms with Crippen molar-refractivity contribution < 1.29 is 14.8 Å². The van der Waals surface area contributed by atoms with E-state index in [9.17, 15) is 0 Å². The van der Waals surface area contributed by atoms with Crippen LogP contribution in [0.5, 0.6) is 5.75 Å². The van der Waals surface area contributed by atoms with Gasteiger partial charge in [0.2, 0.25) is 0 Å². The minimum absolute atomic E-state index is 0.435. The van der Waals surface area contributed by atoms with E-state index in [0.29, 0.717) is 12.7 Å². The molecule has 1 aliphatic rings. The third-order valence-electron chi connectivity index (χ3n) is 3.51. The van der Waals surface area contributed by atoms with Gasteiger partial charge in [0.1, 0.15) is 31.5 Å². The van der Waals surface area contributed by atoms with E-state index in [1.54, 1.807) is 0 Å². The normalized spacial score (nSPS) is 18.8. The second-order valence-corrected chi connectivity index (χ2v) is 5.52. The number of hydrogen-bond donors (Lipinski definition) is 1. The fraction of sp³-hybridized carbons (Fsp3) is 0.600. The minimum atomic E-state index is 0.435. The van der Waals surface area contributed by atoms with Crippen molar-refractivity contribution in [3.63, 3.8) is 0 Å². The lowest BCUT2D eigenvalue weighted by Gasteiger charge is -2.13. The number of rotatable bonds is 6. The first-order valence-electron chi connectivity index (χ1n) is 7.00. The smallest absolute Gasteiger partial charge is 0.141 e. The lowest BCUT2D eigenvalue weighted by molar-refractivity contribution is -0.661. The Morgan fingerprint density at radius 3 is 2.89 bits per heavy atom. The molecule has 106 valence electrons. The molecule has 1 heterocycles. The van der Waals surface area contributed by atoms with Crippen molar-refractivity contribution in [2.45, 2.75) is 32.8 Å². The molecule has 0 spiro atoms. The van der Waals surface area contributed by atoms with Crippen molar-refractivity contribution in [3.8, 4) is 5.75 Å². The summed E-state index contributed by atoms with van der Waals surface area (Å²) in [7, 11) is 0. The largest absolute Gasteiger partial charge is 0.486 e. The monoisotopic (exact) mass is 284 g/mol.